The second-order valence-electron chi connectivity index (χ2n) is 6.42. The van der Waals surface area contributed by atoms with Gasteiger partial charge in [0.05, 0.1) is 11.9 Å². The van der Waals surface area contributed by atoms with Gasteiger partial charge in [0.2, 0.25) is 0 Å². The molecule has 0 aliphatic carbocycles. The summed E-state index contributed by atoms with van der Waals surface area (Å²) < 4.78 is 0. The molecule has 0 unspecified atom stereocenters. The average Bonchev–Trinajstić information content (AvgIpc) is 2.62. The number of phenols is 2. The summed E-state index contributed by atoms with van der Waals surface area (Å²) >= 11 is 0. The van der Waals surface area contributed by atoms with E-state index in [-0.39, 0.29) is 67.8 Å². The van der Waals surface area contributed by atoms with Crippen molar-refractivity contribution in [1.29, 1.82) is 0 Å². The van der Waals surface area contributed by atoms with Gasteiger partial charge in [-0.15, -0.1) is 0 Å². The molecule has 29 heavy (non-hydrogen) atoms. The van der Waals surface area contributed by atoms with Crippen molar-refractivity contribution in [3.8, 4) is 11.5 Å². The van der Waals surface area contributed by atoms with E-state index in [1.54, 1.807) is 36.4 Å². The van der Waals surface area contributed by atoms with Gasteiger partial charge >= 0.3 is 17.1 Å². The minimum absolute atomic E-state index is 0. The Bertz CT molecular complexity index is 750. The Hall–Kier alpha value is -2.58. The topological polar surface area (TPSA) is 127 Å². The summed E-state index contributed by atoms with van der Waals surface area (Å²) in [7, 11) is 0. The monoisotopic (exact) mass is 442 g/mol. The number of carboxylic acid groups (broad SMARTS) is 2. The van der Waals surface area contributed by atoms with Crippen molar-refractivity contribution < 1.29 is 47.1 Å². The summed E-state index contributed by atoms with van der Waals surface area (Å²) in [5.41, 5.74) is 1.10. The number of nitrogens with zero attached hydrogens (tertiary/aromatic N) is 2. The molecule has 9 heteroatoms. The van der Waals surface area contributed by atoms with Gasteiger partial charge in [-0.3, -0.25) is 9.80 Å². The SMILES string of the molecule is O=C([O-])CN(CCN(CC(=O)[O-])Cc1ccccc1O)Cc1ccccc1O.[Fe+2]. The van der Waals surface area contributed by atoms with Crippen LogP contribution in [-0.2, 0) is 39.7 Å². The zero-order valence-corrected chi connectivity index (χ0v) is 16.7. The number of rotatable bonds is 11. The molecule has 2 aromatic rings. The van der Waals surface area contributed by atoms with E-state index in [1.807, 2.05) is 0 Å². The summed E-state index contributed by atoms with van der Waals surface area (Å²) in [6.07, 6.45) is 0. The first-order valence-electron chi connectivity index (χ1n) is 8.73. The first-order chi connectivity index (χ1) is 13.3. The molecule has 0 saturated heterocycles. The number of aromatic hydroxyl groups is 2. The molecule has 0 radical (unpaired) electrons. The van der Waals surface area contributed by atoms with Crippen LogP contribution in [0.25, 0.3) is 0 Å². The maximum atomic E-state index is 11.1. The molecular weight excluding hydrogens is 420 g/mol. The molecule has 0 saturated carbocycles. The number of aliphatic carboxylic acids is 2. The van der Waals surface area contributed by atoms with E-state index in [0.29, 0.717) is 11.1 Å². The summed E-state index contributed by atoms with van der Waals surface area (Å²) in [5.74, 6) is -2.46. The third kappa shape index (κ3) is 8.53. The molecule has 0 fully saturated rings. The van der Waals surface area contributed by atoms with Crippen molar-refractivity contribution in [2.24, 2.45) is 0 Å². The van der Waals surface area contributed by atoms with Gasteiger partial charge in [0.1, 0.15) is 11.5 Å². The van der Waals surface area contributed by atoms with Crippen LogP contribution < -0.4 is 10.2 Å². The average molecular weight is 442 g/mol. The summed E-state index contributed by atoms with van der Waals surface area (Å²) in [6.45, 7) is 0.00729. The molecule has 0 atom stereocenters. The van der Waals surface area contributed by atoms with Gasteiger partial charge in [-0.25, -0.2) is 0 Å². The van der Waals surface area contributed by atoms with Crippen LogP contribution in [0.1, 0.15) is 11.1 Å². The Morgan fingerprint density at radius 2 is 1.07 bits per heavy atom. The molecule has 2 rings (SSSR count). The number of hydrogen-bond acceptors (Lipinski definition) is 8. The van der Waals surface area contributed by atoms with Gasteiger partial charge in [0, 0.05) is 50.4 Å². The van der Waals surface area contributed by atoms with E-state index in [0.717, 1.165) is 0 Å². The molecule has 0 heterocycles. The smallest absolute Gasteiger partial charge is 0.549 e. The van der Waals surface area contributed by atoms with Crippen LogP contribution in [0.3, 0.4) is 0 Å². The number of hydrogen-bond donors (Lipinski definition) is 2. The van der Waals surface area contributed by atoms with Gasteiger partial charge in [-0.1, -0.05) is 36.4 Å². The van der Waals surface area contributed by atoms with Gasteiger partial charge in [-0.2, -0.15) is 0 Å². The van der Waals surface area contributed by atoms with Gasteiger partial charge in [0.25, 0.3) is 0 Å². The fourth-order valence-corrected chi connectivity index (χ4v) is 2.85. The fourth-order valence-electron chi connectivity index (χ4n) is 2.85. The molecular formula is C20H22FeN2O6. The molecule has 8 nitrogen and oxygen atoms in total. The number of phenolic OH excluding ortho intramolecular Hbond substituents is 2. The van der Waals surface area contributed by atoms with Crippen molar-refractivity contribution in [1.82, 2.24) is 9.80 Å². The number of carboxylic acids is 2. The second kappa shape index (κ2) is 12.1. The van der Waals surface area contributed by atoms with Gasteiger partial charge in [-0.05, 0) is 12.1 Å². The van der Waals surface area contributed by atoms with E-state index in [4.69, 9.17) is 0 Å². The third-order valence-electron chi connectivity index (χ3n) is 4.21. The van der Waals surface area contributed by atoms with E-state index < -0.39 is 11.9 Å². The number of carbonyl (C=O) groups excluding carboxylic acids is 2. The van der Waals surface area contributed by atoms with Crippen LogP contribution in [0.4, 0.5) is 0 Å². The van der Waals surface area contributed by atoms with Crippen LogP contribution in [0.5, 0.6) is 11.5 Å². The number of carbonyl (C=O) groups is 2. The van der Waals surface area contributed by atoms with Crippen LogP contribution in [0.15, 0.2) is 48.5 Å². The van der Waals surface area contributed by atoms with E-state index >= 15 is 0 Å². The predicted molar refractivity (Wildman–Crippen MR) is 96.8 cm³/mol. The molecule has 0 bridgehead atoms. The molecule has 0 aromatic heterocycles. The van der Waals surface area contributed by atoms with Gasteiger partial charge in [0.15, 0.2) is 0 Å². The van der Waals surface area contributed by atoms with E-state index in [1.165, 1.54) is 21.9 Å². The first kappa shape index (κ1) is 24.5. The molecule has 2 aromatic carbocycles. The summed E-state index contributed by atoms with van der Waals surface area (Å²) in [4.78, 5) is 25.2. The van der Waals surface area contributed by atoms with E-state index in [2.05, 4.69) is 0 Å². The van der Waals surface area contributed by atoms with Crippen molar-refractivity contribution in [3.63, 3.8) is 0 Å². The molecule has 0 spiro atoms. The van der Waals surface area contributed by atoms with Crippen molar-refractivity contribution in [2.45, 2.75) is 13.1 Å². The second-order valence-corrected chi connectivity index (χ2v) is 6.42. The van der Waals surface area contributed by atoms with Crippen molar-refractivity contribution >= 4 is 11.9 Å². The quantitative estimate of drug-likeness (QED) is 0.420. The Morgan fingerprint density at radius 1 is 0.724 bits per heavy atom. The zero-order chi connectivity index (χ0) is 20.5. The Labute approximate surface area is 179 Å². The Balaban J connectivity index is 0.00000420. The standard InChI is InChI=1S/C20H24N2O6.Fe/c23-17-7-3-1-5-15(17)11-21(13-19(25)26)9-10-22(14-20(27)28)12-16-6-2-4-8-18(16)24;/h1-8,23-24H,9-14H2,(H,25,26)(H,27,28);/q;+2/p-2. The van der Waals surface area contributed by atoms with Crippen molar-refractivity contribution in [2.75, 3.05) is 26.2 Å². The third-order valence-corrected chi connectivity index (χ3v) is 4.21. The fraction of sp³-hybridized carbons (Fsp3) is 0.300. The van der Waals surface area contributed by atoms with Crippen LogP contribution in [0.2, 0.25) is 0 Å². The Kier molecular flexibility index (Phi) is 10.2. The minimum atomic E-state index is -1.28. The molecule has 156 valence electrons. The molecule has 0 amide bonds. The van der Waals surface area contributed by atoms with Crippen LogP contribution in [-0.4, -0.2) is 58.1 Å². The summed E-state index contributed by atoms with van der Waals surface area (Å²) in [6, 6.07) is 13.2. The Morgan fingerprint density at radius 3 is 1.38 bits per heavy atom. The number of para-hydroxylation sites is 2. The first-order valence-corrected chi connectivity index (χ1v) is 8.73. The van der Waals surface area contributed by atoms with Gasteiger partial charge < -0.3 is 30.0 Å². The maximum absolute atomic E-state index is 11.1. The molecule has 0 aliphatic heterocycles. The van der Waals surface area contributed by atoms with E-state index in [9.17, 15) is 30.0 Å². The predicted octanol–water partition coefficient (Wildman–Crippen LogP) is -1.10. The van der Waals surface area contributed by atoms with Crippen molar-refractivity contribution in [3.05, 3.63) is 59.7 Å². The normalized spacial score (nSPS) is 10.7. The zero-order valence-electron chi connectivity index (χ0n) is 15.6. The van der Waals surface area contributed by atoms with Crippen LogP contribution in [0, 0.1) is 0 Å². The van der Waals surface area contributed by atoms with Crippen LogP contribution >= 0.6 is 0 Å². The molecule has 2 N–H and O–H groups in total. The largest absolute Gasteiger partial charge is 2.00 e. The molecule has 0 aliphatic rings. The minimum Gasteiger partial charge on any atom is -0.549 e. The number of benzene rings is 2. The summed E-state index contributed by atoms with van der Waals surface area (Å²) in [5, 5.41) is 42.0. The maximum Gasteiger partial charge on any atom is 2.00 e.